The molecule has 0 fully saturated rings. The van der Waals surface area contributed by atoms with E-state index < -0.39 is 0 Å². The average molecular weight is 276 g/mol. The van der Waals surface area contributed by atoms with Gasteiger partial charge >= 0.3 is 0 Å². The molecule has 0 amide bonds. The summed E-state index contributed by atoms with van der Waals surface area (Å²) in [5.41, 5.74) is 6.03. The van der Waals surface area contributed by atoms with Crippen LogP contribution in [-0.4, -0.2) is 33.6 Å². The molecule has 1 aromatic carbocycles. The molecule has 0 saturated heterocycles. The molecule has 1 heterocycles. The molecular formula is C12H12N4O2S. The molecule has 0 atom stereocenters. The maximum atomic E-state index is 12.0. The van der Waals surface area contributed by atoms with Gasteiger partial charge in [-0.3, -0.25) is 4.79 Å². The number of rotatable bonds is 5. The van der Waals surface area contributed by atoms with Crippen LogP contribution >= 0.6 is 11.8 Å². The minimum Gasteiger partial charge on any atom is -0.497 e. The summed E-state index contributed by atoms with van der Waals surface area (Å²) in [5.74, 6) is 1.01. The summed E-state index contributed by atoms with van der Waals surface area (Å²) in [6.07, 6.45) is 1.32. The molecule has 98 valence electrons. The van der Waals surface area contributed by atoms with E-state index in [0.717, 1.165) is 0 Å². The molecule has 0 spiro atoms. The molecule has 7 heteroatoms. The van der Waals surface area contributed by atoms with E-state index in [1.807, 2.05) is 0 Å². The smallest absolute Gasteiger partial charge is 0.223 e. The Bertz CT molecular complexity index is 591. The fourth-order valence-corrected chi connectivity index (χ4v) is 2.08. The Labute approximate surface area is 114 Å². The van der Waals surface area contributed by atoms with E-state index >= 15 is 0 Å². The number of nitrogen functional groups attached to an aromatic ring is 1. The number of anilines is 1. The first-order valence-corrected chi connectivity index (χ1v) is 6.42. The molecule has 6 nitrogen and oxygen atoms in total. The normalized spacial score (nSPS) is 10.2. The van der Waals surface area contributed by atoms with Crippen LogP contribution in [-0.2, 0) is 0 Å². The van der Waals surface area contributed by atoms with Crippen molar-refractivity contribution in [2.45, 2.75) is 5.16 Å². The average Bonchev–Trinajstić information content (AvgIpc) is 2.45. The molecule has 0 aliphatic carbocycles. The third-order valence-corrected chi connectivity index (χ3v) is 3.15. The van der Waals surface area contributed by atoms with Crippen LogP contribution in [0.25, 0.3) is 0 Å². The van der Waals surface area contributed by atoms with Gasteiger partial charge in [-0.1, -0.05) is 23.9 Å². The van der Waals surface area contributed by atoms with Crippen molar-refractivity contribution in [1.29, 1.82) is 0 Å². The number of hydrogen-bond acceptors (Lipinski definition) is 7. The van der Waals surface area contributed by atoms with E-state index in [1.165, 1.54) is 18.1 Å². The highest BCUT2D eigenvalue weighted by Crippen LogP contribution is 2.17. The van der Waals surface area contributed by atoms with Gasteiger partial charge in [-0.15, -0.1) is 0 Å². The van der Waals surface area contributed by atoms with Crippen LogP contribution in [0.15, 0.2) is 35.7 Å². The quantitative estimate of drug-likeness (QED) is 0.652. The van der Waals surface area contributed by atoms with Crippen LogP contribution in [0.1, 0.15) is 10.4 Å². The predicted octanol–water partition coefficient (Wildman–Crippen LogP) is 1.44. The van der Waals surface area contributed by atoms with Gasteiger partial charge in [0.2, 0.25) is 5.95 Å². The molecular weight excluding hydrogens is 264 g/mol. The standard InChI is InChI=1S/C12H12N4O2S/c1-18-9-4-2-3-8(5-9)10(17)6-19-12-15-7-14-11(13)16-12/h2-5,7H,6H2,1H3,(H2,13,14,15,16). The van der Waals surface area contributed by atoms with Crippen molar-refractivity contribution in [3.8, 4) is 5.75 Å². The Morgan fingerprint density at radius 2 is 2.26 bits per heavy atom. The molecule has 2 N–H and O–H groups in total. The molecule has 2 rings (SSSR count). The van der Waals surface area contributed by atoms with Crippen LogP contribution in [0.5, 0.6) is 5.75 Å². The van der Waals surface area contributed by atoms with Crippen molar-refractivity contribution in [3.05, 3.63) is 36.2 Å². The number of ketones is 1. The Morgan fingerprint density at radius 1 is 1.42 bits per heavy atom. The van der Waals surface area contributed by atoms with E-state index in [4.69, 9.17) is 10.5 Å². The van der Waals surface area contributed by atoms with Gasteiger partial charge in [-0.2, -0.15) is 4.98 Å². The van der Waals surface area contributed by atoms with Crippen LogP contribution in [0, 0.1) is 0 Å². The second-order valence-corrected chi connectivity index (χ2v) is 4.51. The number of nitrogens with zero attached hydrogens (tertiary/aromatic N) is 3. The number of methoxy groups -OCH3 is 1. The zero-order valence-corrected chi connectivity index (χ0v) is 11.1. The van der Waals surface area contributed by atoms with Crippen molar-refractivity contribution in [1.82, 2.24) is 15.0 Å². The predicted molar refractivity (Wildman–Crippen MR) is 72.3 cm³/mol. The third-order valence-electron chi connectivity index (χ3n) is 2.29. The number of carbonyl (C=O) groups is 1. The number of nitrogens with two attached hydrogens (primary N) is 1. The Hall–Kier alpha value is -2.15. The molecule has 0 aliphatic heterocycles. The van der Waals surface area contributed by atoms with Gasteiger partial charge in [0, 0.05) is 5.56 Å². The monoisotopic (exact) mass is 276 g/mol. The van der Waals surface area contributed by atoms with Gasteiger partial charge < -0.3 is 10.5 Å². The summed E-state index contributed by atoms with van der Waals surface area (Å²) in [7, 11) is 1.56. The zero-order valence-electron chi connectivity index (χ0n) is 10.2. The van der Waals surface area contributed by atoms with Gasteiger partial charge in [0.1, 0.15) is 12.1 Å². The summed E-state index contributed by atoms with van der Waals surface area (Å²) in [4.78, 5) is 23.5. The number of benzene rings is 1. The second kappa shape index (κ2) is 6.14. The summed E-state index contributed by atoms with van der Waals surface area (Å²) in [6, 6.07) is 7.01. The van der Waals surface area contributed by atoms with Crippen molar-refractivity contribution in [2.24, 2.45) is 0 Å². The highest BCUT2D eigenvalue weighted by atomic mass is 32.2. The summed E-state index contributed by atoms with van der Waals surface area (Å²) < 4.78 is 5.08. The van der Waals surface area contributed by atoms with Crippen molar-refractivity contribution < 1.29 is 9.53 Å². The summed E-state index contributed by atoms with van der Waals surface area (Å²) >= 11 is 1.22. The molecule has 0 bridgehead atoms. The molecule has 0 saturated carbocycles. The molecule has 19 heavy (non-hydrogen) atoms. The highest BCUT2D eigenvalue weighted by molar-refractivity contribution is 7.99. The molecule has 0 radical (unpaired) electrons. The van der Waals surface area contributed by atoms with Crippen LogP contribution in [0.4, 0.5) is 5.95 Å². The first-order chi connectivity index (χ1) is 9.19. The SMILES string of the molecule is COc1cccc(C(=O)CSc2ncnc(N)n2)c1. The number of aromatic nitrogens is 3. The fraction of sp³-hybridized carbons (Fsp3) is 0.167. The van der Waals surface area contributed by atoms with E-state index in [2.05, 4.69) is 15.0 Å². The van der Waals surface area contributed by atoms with Crippen molar-refractivity contribution in [3.63, 3.8) is 0 Å². The van der Waals surface area contributed by atoms with Crippen molar-refractivity contribution >= 4 is 23.5 Å². The number of Topliss-reactive ketones (excluding diaryl/α,β-unsaturated/α-hetero) is 1. The zero-order chi connectivity index (χ0) is 13.7. The fourth-order valence-electron chi connectivity index (χ4n) is 1.37. The van der Waals surface area contributed by atoms with Gasteiger partial charge in [0.05, 0.1) is 12.9 Å². The van der Waals surface area contributed by atoms with E-state index in [0.29, 0.717) is 16.5 Å². The lowest BCUT2D eigenvalue weighted by atomic mass is 10.1. The lowest BCUT2D eigenvalue weighted by Gasteiger charge is -2.03. The van der Waals surface area contributed by atoms with E-state index in [1.54, 1.807) is 31.4 Å². The van der Waals surface area contributed by atoms with Crippen LogP contribution in [0.3, 0.4) is 0 Å². The lowest BCUT2D eigenvalue weighted by molar-refractivity contribution is 0.102. The summed E-state index contributed by atoms with van der Waals surface area (Å²) in [5, 5.41) is 0.434. The van der Waals surface area contributed by atoms with Crippen LogP contribution in [0.2, 0.25) is 0 Å². The van der Waals surface area contributed by atoms with E-state index in [9.17, 15) is 4.79 Å². The highest BCUT2D eigenvalue weighted by Gasteiger charge is 2.09. The number of thioether (sulfide) groups is 1. The van der Waals surface area contributed by atoms with Crippen molar-refractivity contribution in [2.75, 3.05) is 18.6 Å². The topological polar surface area (TPSA) is 91.0 Å². The molecule has 1 aromatic heterocycles. The largest absolute Gasteiger partial charge is 0.497 e. The second-order valence-electron chi connectivity index (χ2n) is 3.57. The lowest BCUT2D eigenvalue weighted by Crippen LogP contribution is -2.04. The molecule has 2 aromatic rings. The van der Waals surface area contributed by atoms with E-state index in [-0.39, 0.29) is 17.5 Å². The first-order valence-electron chi connectivity index (χ1n) is 5.43. The van der Waals surface area contributed by atoms with Crippen LogP contribution < -0.4 is 10.5 Å². The van der Waals surface area contributed by atoms with Gasteiger partial charge in [0.25, 0.3) is 0 Å². The Balaban J connectivity index is 2.01. The number of carbonyl (C=O) groups excluding carboxylic acids is 1. The number of ether oxygens (including phenoxy) is 1. The first kappa shape index (κ1) is 13.3. The minimum absolute atomic E-state index is 0.0251. The maximum Gasteiger partial charge on any atom is 0.223 e. The Morgan fingerprint density at radius 3 is 3.00 bits per heavy atom. The number of hydrogen-bond donors (Lipinski definition) is 1. The van der Waals surface area contributed by atoms with Gasteiger partial charge in [-0.25, -0.2) is 9.97 Å². The maximum absolute atomic E-state index is 12.0. The Kier molecular flexibility index (Phi) is 4.30. The third kappa shape index (κ3) is 3.65. The van der Waals surface area contributed by atoms with Gasteiger partial charge in [-0.05, 0) is 12.1 Å². The van der Waals surface area contributed by atoms with Gasteiger partial charge in [0.15, 0.2) is 10.9 Å². The minimum atomic E-state index is -0.0251. The molecule has 0 unspecified atom stereocenters. The molecule has 0 aliphatic rings. The summed E-state index contributed by atoms with van der Waals surface area (Å²) in [6.45, 7) is 0.